The third-order valence-corrected chi connectivity index (χ3v) is 3.65. The molecule has 0 aliphatic carbocycles. The number of ketones is 1. The van der Waals surface area contributed by atoms with E-state index in [9.17, 15) is 4.79 Å². The first kappa shape index (κ1) is 13.7. The summed E-state index contributed by atoms with van der Waals surface area (Å²) in [7, 11) is 0. The van der Waals surface area contributed by atoms with E-state index in [2.05, 4.69) is 0 Å². The van der Waals surface area contributed by atoms with E-state index >= 15 is 0 Å². The molecule has 0 unspecified atom stereocenters. The van der Waals surface area contributed by atoms with Crippen molar-refractivity contribution in [3.8, 4) is 23.0 Å². The molecule has 0 saturated carbocycles. The van der Waals surface area contributed by atoms with Gasteiger partial charge in [0, 0.05) is 6.07 Å². The molecule has 0 fully saturated rings. The third kappa shape index (κ3) is 2.40. The number of benzene rings is 2. The molecule has 23 heavy (non-hydrogen) atoms. The minimum absolute atomic E-state index is 0.138. The van der Waals surface area contributed by atoms with Crippen molar-refractivity contribution in [2.45, 2.75) is 6.92 Å². The minimum atomic E-state index is -0.138. The zero-order chi connectivity index (χ0) is 15.8. The molecule has 0 radical (unpaired) electrons. The first-order valence-corrected chi connectivity index (χ1v) is 7.35. The van der Waals surface area contributed by atoms with E-state index < -0.39 is 0 Å². The summed E-state index contributed by atoms with van der Waals surface area (Å²) in [6, 6.07) is 10.7. The highest BCUT2D eigenvalue weighted by Crippen LogP contribution is 2.36. The van der Waals surface area contributed by atoms with Crippen LogP contribution in [-0.4, -0.2) is 19.2 Å². The van der Waals surface area contributed by atoms with E-state index in [1.165, 1.54) is 0 Å². The van der Waals surface area contributed by atoms with E-state index in [-0.39, 0.29) is 18.3 Å². The van der Waals surface area contributed by atoms with Gasteiger partial charge in [-0.1, -0.05) is 6.07 Å². The molecule has 116 valence electrons. The standard InChI is InChI=1S/C18H14O5/c1-2-20-12-4-5-13-15(9-12)23-17(18(13)19)8-11-3-6-14-16(7-11)22-10-21-14/h3-9H,2,10H2,1H3. The van der Waals surface area contributed by atoms with Crippen LogP contribution in [0.25, 0.3) is 6.08 Å². The van der Waals surface area contributed by atoms with Gasteiger partial charge in [0.1, 0.15) is 11.5 Å². The summed E-state index contributed by atoms with van der Waals surface area (Å²) in [6.45, 7) is 2.69. The second-order valence-corrected chi connectivity index (χ2v) is 5.14. The first-order valence-electron chi connectivity index (χ1n) is 7.35. The number of hydrogen-bond donors (Lipinski definition) is 0. The van der Waals surface area contributed by atoms with E-state index in [1.54, 1.807) is 24.3 Å². The monoisotopic (exact) mass is 310 g/mol. The summed E-state index contributed by atoms with van der Waals surface area (Å²) in [6.07, 6.45) is 1.70. The van der Waals surface area contributed by atoms with E-state index in [0.29, 0.717) is 35.2 Å². The van der Waals surface area contributed by atoms with Gasteiger partial charge in [0.2, 0.25) is 12.6 Å². The van der Waals surface area contributed by atoms with Crippen LogP contribution < -0.4 is 18.9 Å². The van der Waals surface area contributed by atoms with Crippen LogP contribution in [0.15, 0.2) is 42.2 Å². The predicted octanol–water partition coefficient (Wildman–Crippen LogP) is 3.43. The largest absolute Gasteiger partial charge is 0.494 e. The van der Waals surface area contributed by atoms with Crippen LogP contribution in [0, 0.1) is 0 Å². The Balaban J connectivity index is 1.64. The number of carbonyl (C=O) groups excluding carboxylic acids is 1. The van der Waals surface area contributed by atoms with Crippen molar-refractivity contribution in [1.29, 1.82) is 0 Å². The van der Waals surface area contributed by atoms with Gasteiger partial charge in [-0.05, 0) is 42.8 Å². The van der Waals surface area contributed by atoms with Gasteiger partial charge < -0.3 is 18.9 Å². The Kier molecular flexibility index (Phi) is 3.19. The highest BCUT2D eigenvalue weighted by molar-refractivity contribution is 6.14. The number of Topliss-reactive ketones (excluding diaryl/α,β-unsaturated/α-hetero) is 1. The maximum atomic E-state index is 12.4. The average Bonchev–Trinajstić information content (AvgIpc) is 3.13. The summed E-state index contributed by atoms with van der Waals surface area (Å²) in [5.41, 5.74) is 1.36. The van der Waals surface area contributed by atoms with Crippen LogP contribution in [0.5, 0.6) is 23.0 Å². The van der Waals surface area contributed by atoms with Gasteiger partial charge in [0.25, 0.3) is 0 Å². The predicted molar refractivity (Wildman–Crippen MR) is 83.1 cm³/mol. The quantitative estimate of drug-likeness (QED) is 0.813. The number of rotatable bonds is 3. The van der Waals surface area contributed by atoms with Crippen LogP contribution in [-0.2, 0) is 0 Å². The molecule has 2 aliphatic heterocycles. The topological polar surface area (TPSA) is 54.0 Å². The summed E-state index contributed by atoms with van der Waals surface area (Å²) in [5, 5.41) is 0. The van der Waals surface area contributed by atoms with Crippen molar-refractivity contribution < 1.29 is 23.7 Å². The number of ether oxygens (including phenoxy) is 4. The maximum absolute atomic E-state index is 12.4. The van der Waals surface area contributed by atoms with Gasteiger partial charge in [-0.2, -0.15) is 0 Å². The van der Waals surface area contributed by atoms with E-state index in [4.69, 9.17) is 18.9 Å². The molecule has 0 spiro atoms. The molecule has 5 heteroatoms. The second kappa shape index (κ2) is 5.35. The lowest BCUT2D eigenvalue weighted by molar-refractivity contribution is 0.101. The zero-order valence-electron chi connectivity index (χ0n) is 12.5. The van der Waals surface area contributed by atoms with Gasteiger partial charge in [0.15, 0.2) is 17.3 Å². The molecule has 0 saturated heterocycles. The first-order chi connectivity index (χ1) is 11.2. The summed E-state index contributed by atoms with van der Waals surface area (Å²) >= 11 is 0. The summed E-state index contributed by atoms with van der Waals surface area (Å²) in [4.78, 5) is 12.4. The Hall–Kier alpha value is -2.95. The molecular formula is C18H14O5. The van der Waals surface area contributed by atoms with E-state index in [1.807, 2.05) is 25.1 Å². The number of hydrogen-bond acceptors (Lipinski definition) is 5. The molecular weight excluding hydrogens is 296 g/mol. The number of fused-ring (bicyclic) bond motifs is 2. The fraction of sp³-hybridized carbons (Fsp3) is 0.167. The highest BCUT2D eigenvalue weighted by Gasteiger charge is 2.28. The minimum Gasteiger partial charge on any atom is -0.494 e. The van der Waals surface area contributed by atoms with Crippen molar-refractivity contribution in [2.24, 2.45) is 0 Å². The molecule has 2 aromatic rings. The lowest BCUT2D eigenvalue weighted by atomic mass is 10.1. The maximum Gasteiger partial charge on any atom is 0.231 e. The molecule has 2 aromatic carbocycles. The van der Waals surface area contributed by atoms with Crippen molar-refractivity contribution in [1.82, 2.24) is 0 Å². The average molecular weight is 310 g/mol. The molecule has 5 nitrogen and oxygen atoms in total. The van der Waals surface area contributed by atoms with Gasteiger partial charge in [-0.3, -0.25) is 4.79 Å². The number of carbonyl (C=O) groups is 1. The Morgan fingerprint density at radius 2 is 1.96 bits per heavy atom. The smallest absolute Gasteiger partial charge is 0.231 e. The van der Waals surface area contributed by atoms with Gasteiger partial charge in [-0.15, -0.1) is 0 Å². The van der Waals surface area contributed by atoms with Crippen molar-refractivity contribution >= 4 is 11.9 Å². The van der Waals surface area contributed by atoms with Crippen LogP contribution in [0.2, 0.25) is 0 Å². The van der Waals surface area contributed by atoms with Crippen molar-refractivity contribution in [3.63, 3.8) is 0 Å². The Labute approximate surface area is 133 Å². The Bertz CT molecular complexity index is 822. The van der Waals surface area contributed by atoms with Crippen molar-refractivity contribution in [3.05, 3.63) is 53.3 Å². The van der Waals surface area contributed by atoms with Gasteiger partial charge in [0.05, 0.1) is 12.2 Å². The van der Waals surface area contributed by atoms with E-state index in [0.717, 1.165) is 5.56 Å². The summed E-state index contributed by atoms with van der Waals surface area (Å²) in [5.74, 6) is 2.72. The van der Waals surface area contributed by atoms with Gasteiger partial charge in [-0.25, -0.2) is 0 Å². The van der Waals surface area contributed by atoms with Gasteiger partial charge >= 0.3 is 0 Å². The Morgan fingerprint density at radius 1 is 1.09 bits per heavy atom. The molecule has 0 atom stereocenters. The fourth-order valence-electron chi connectivity index (χ4n) is 2.58. The molecule has 0 bridgehead atoms. The van der Waals surface area contributed by atoms with Crippen LogP contribution in [0.4, 0.5) is 0 Å². The van der Waals surface area contributed by atoms with Crippen LogP contribution in [0.3, 0.4) is 0 Å². The SMILES string of the molecule is CCOc1ccc2c(c1)OC(=Cc1ccc3c(c1)OCO3)C2=O. The number of allylic oxidation sites excluding steroid dienone is 1. The molecule has 2 aliphatic rings. The second-order valence-electron chi connectivity index (χ2n) is 5.14. The van der Waals surface area contributed by atoms with Crippen molar-refractivity contribution in [2.75, 3.05) is 13.4 Å². The van der Waals surface area contributed by atoms with Crippen LogP contribution >= 0.6 is 0 Å². The fourth-order valence-corrected chi connectivity index (χ4v) is 2.58. The normalized spacial score (nSPS) is 16.4. The third-order valence-electron chi connectivity index (χ3n) is 3.65. The van der Waals surface area contributed by atoms with Crippen LogP contribution in [0.1, 0.15) is 22.8 Å². The highest BCUT2D eigenvalue weighted by atomic mass is 16.7. The molecule has 4 rings (SSSR count). The summed E-state index contributed by atoms with van der Waals surface area (Å²) < 4.78 is 21.7. The lowest BCUT2D eigenvalue weighted by Gasteiger charge is -2.04. The zero-order valence-corrected chi connectivity index (χ0v) is 12.5. The molecule has 2 heterocycles. The Morgan fingerprint density at radius 3 is 2.83 bits per heavy atom. The molecule has 0 amide bonds. The molecule has 0 N–H and O–H groups in total. The lowest BCUT2D eigenvalue weighted by Crippen LogP contribution is -1.98. The molecule has 0 aromatic heterocycles.